The van der Waals surface area contributed by atoms with Gasteiger partial charge in [0.05, 0.1) is 25.1 Å². The molecule has 11 heteroatoms. The number of carbonyl (C=O) groups excluding carboxylic acids is 2. The molecule has 0 bridgehead atoms. The van der Waals surface area contributed by atoms with Gasteiger partial charge in [-0.05, 0) is 31.2 Å². The fourth-order valence-corrected chi connectivity index (χ4v) is 4.49. The number of rotatable bonds is 9. The molecule has 0 saturated carbocycles. The molecule has 0 aliphatic heterocycles. The van der Waals surface area contributed by atoms with Gasteiger partial charge in [0.15, 0.2) is 16.1 Å². The van der Waals surface area contributed by atoms with Crippen LogP contribution in [0.3, 0.4) is 0 Å². The molecule has 2 N–H and O–H groups in total. The number of aromatic nitrogens is 4. The van der Waals surface area contributed by atoms with Crippen molar-refractivity contribution < 1.29 is 14.3 Å². The van der Waals surface area contributed by atoms with E-state index in [0.29, 0.717) is 33.1 Å². The van der Waals surface area contributed by atoms with Crippen molar-refractivity contribution >= 4 is 40.0 Å². The summed E-state index contributed by atoms with van der Waals surface area (Å²) in [5, 5.41) is 17.0. The molecule has 0 aliphatic rings. The Hall–Kier alpha value is -3.70. The van der Waals surface area contributed by atoms with Crippen LogP contribution in [-0.4, -0.2) is 44.4 Å². The van der Waals surface area contributed by atoms with E-state index >= 15 is 0 Å². The largest absolute Gasteiger partial charge is 0.495 e. The minimum atomic E-state index is -0.213. The van der Waals surface area contributed by atoms with Crippen molar-refractivity contribution in [2.24, 2.45) is 0 Å². The molecule has 2 heterocycles. The predicted octanol–water partition coefficient (Wildman–Crippen LogP) is 3.70. The fraction of sp³-hybridized carbons (Fsp3) is 0.174. The predicted molar refractivity (Wildman–Crippen MR) is 132 cm³/mol. The molecule has 0 saturated heterocycles. The lowest BCUT2D eigenvalue weighted by atomic mass is 10.1. The summed E-state index contributed by atoms with van der Waals surface area (Å²) in [5.74, 6) is 0.817. The first-order chi connectivity index (χ1) is 16.5. The molecule has 2 amide bonds. The number of ether oxygens (including phenoxy) is 1. The van der Waals surface area contributed by atoms with Gasteiger partial charge in [-0.1, -0.05) is 41.6 Å². The summed E-state index contributed by atoms with van der Waals surface area (Å²) in [6.45, 7) is 2.08. The van der Waals surface area contributed by atoms with Crippen molar-refractivity contribution in [2.45, 2.75) is 18.6 Å². The highest BCUT2D eigenvalue weighted by Gasteiger charge is 2.19. The molecular formula is C23H22N6O3S2. The third-order valence-electron chi connectivity index (χ3n) is 4.72. The van der Waals surface area contributed by atoms with Crippen molar-refractivity contribution in [1.29, 1.82) is 0 Å². The second kappa shape index (κ2) is 10.9. The molecule has 0 aliphatic carbocycles. The van der Waals surface area contributed by atoms with E-state index in [1.54, 1.807) is 29.3 Å². The molecule has 4 rings (SSSR count). The maximum Gasteiger partial charge on any atom is 0.251 e. The van der Waals surface area contributed by atoms with Crippen molar-refractivity contribution in [2.75, 3.05) is 18.2 Å². The fourth-order valence-electron chi connectivity index (χ4n) is 3.18. The number of nitrogens with one attached hydrogen (secondary N) is 2. The Morgan fingerprint density at radius 2 is 2.00 bits per heavy atom. The van der Waals surface area contributed by atoms with Crippen LogP contribution in [0.4, 0.5) is 5.13 Å². The molecule has 0 spiro atoms. The minimum absolute atomic E-state index is 0.114. The van der Waals surface area contributed by atoms with Gasteiger partial charge in [0.25, 0.3) is 5.91 Å². The van der Waals surface area contributed by atoms with Crippen LogP contribution in [0.2, 0.25) is 0 Å². The summed E-state index contributed by atoms with van der Waals surface area (Å²) in [7, 11) is 1.58. The van der Waals surface area contributed by atoms with E-state index < -0.39 is 0 Å². The molecule has 9 nitrogen and oxygen atoms in total. The quantitative estimate of drug-likeness (QED) is 0.341. The lowest BCUT2D eigenvalue weighted by Gasteiger charge is -2.14. The number of anilines is 1. The van der Waals surface area contributed by atoms with Gasteiger partial charge in [0.1, 0.15) is 5.75 Å². The second-order valence-electron chi connectivity index (χ2n) is 7.13. The third-order valence-corrected chi connectivity index (χ3v) is 6.34. The van der Waals surface area contributed by atoms with Crippen LogP contribution in [0.1, 0.15) is 21.7 Å². The first-order valence-corrected chi connectivity index (χ1v) is 12.2. The number of thioether (sulfide) groups is 1. The van der Waals surface area contributed by atoms with E-state index in [-0.39, 0.29) is 24.1 Å². The number of thiazole rings is 1. The average molecular weight is 495 g/mol. The molecular weight excluding hydrogens is 472 g/mol. The van der Waals surface area contributed by atoms with E-state index in [4.69, 9.17) is 4.74 Å². The van der Waals surface area contributed by atoms with Gasteiger partial charge >= 0.3 is 0 Å². The second-order valence-corrected chi connectivity index (χ2v) is 8.97. The Morgan fingerprint density at radius 3 is 2.76 bits per heavy atom. The molecule has 34 heavy (non-hydrogen) atoms. The standard InChI is InChI=1S/C23H22N6O3S2/c1-15-6-5-7-16(12-15)21(31)25-13-19-27-28-23(29(19)17-8-3-4-9-18(17)32-2)34-14-20(30)26-22-24-10-11-33-22/h3-12H,13-14H2,1-2H3,(H,25,31)(H,24,26,30). The number of methoxy groups -OCH3 is 1. The highest BCUT2D eigenvalue weighted by Crippen LogP contribution is 2.28. The van der Waals surface area contributed by atoms with E-state index in [1.807, 2.05) is 49.4 Å². The normalized spacial score (nSPS) is 10.6. The van der Waals surface area contributed by atoms with Gasteiger partial charge in [0.2, 0.25) is 5.91 Å². The van der Waals surface area contributed by atoms with E-state index in [0.717, 1.165) is 5.56 Å². The highest BCUT2D eigenvalue weighted by molar-refractivity contribution is 7.99. The zero-order valence-corrected chi connectivity index (χ0v) is 20.2. The van der Waals surface area contributed by atoms with E-state index in [9.17, 15) is 9.59 Å². The Bertz CT molecular complexity index is 1290. The van der Waals surface area contributed by atoms with Gasteiger partial charge in [0, 0.05) is 17.1 Å². The molecule has 2 aromatic carbocycles. The van der Waals surface area contributed by atoms with Crippen molar-refractivity contribution in [3.8, 4) is 11.4 Å². The van der Waals surface area contributed by atoms with Crippen molar-refractivity contribution in [1.82, 2.24) is 25.1 Å². The molecule has 2 aromatic heterocycles. The Labute approximate surface area is 204 Å². The van der Waals surface area contributed by atoms with Crippen LogP contribution in [0, 0.1) is 6.92 Å². The molecule has 4 aromatic rings. The van der Waals surface area contributed by atoms with Gasteiger partial charge < -0.3 is 15.4 Å². The summed E-state index contributed by atoms with van der Waals surface area (Å²) in [5.41, 5.74) is 2.27. The van der Waals surface area contributed by atoms with E-state index in [2.05, 4.69) is 25.8 Å². The lowest BCUT2D eigenvalue weighted by Crippen LogP contribution is -2.24. The maximum atomic E-state index is 12.7. The summed E-state index contributed by atoms with van der Waals surface area (Å²) in [4.78, 5) is 29.1. The summed E-state index contributed by atoms with van der Waals surface area (Å²) in [6.07, 6.45) is 1.63. The van der Waals surface area contributed by atoms with Crippen LogP contribution in [-0.2, 0) is 11.3 Å². The van der Waals surface area contributed by atoms with Gasteiger partial charge in [-0.2, -0.15) is 0 Å². The zero-order chi connectivity index (χ0) is 23.9. The maximum absolute atomic E-state index is 12.7. The van der Waals surface area contributed by atoms with Crippen LogP contribution >= 0.6 is 23.1 Å². The molecule has 0 fully saturated rings. The number of aryl methyl sites for hydroxylation is 1. The number of amides is 2. The first kappa shape index (κ1) is 23.5. The number of carbonyl (C=O) groups is 2. The van der Waals surface area contributed by atoms with Gasteiger partial charge in [-0.25, -0.2) is 4.98 Å². The average Bonchev–Trinajstić information content (AvgIpc) is 3.50. The third kappa shape index (κ3) is 5.61. The van der Waals surface area contributed by atoms with Crippen molar-refractivity contribution in [3.05, 3.63) is 77.1 Å². The summed E-state index contributed by atoms with van der Waals surface area (Å²) >= 11 is 2.58. The number of benzene rings is 2. The Balaban J connectivity index is 1.55. The summed E-state index contributed by atoms with van der Waals surface area (Å²) in [6, 6.07) is 14.8. The number of nitrogens with zero attached hydrogens (tertiary/aromatic N) is 4. The van der Waals surface area contributed by atoms with E-state index in [1.165, 1.54) is 23.1 Å². The highest BCUT2D eigenvalue weighted by atomic mass is 32.2. The van der Waals surface area contributed by atoms with Gasteiger partial charge in [-0.15, -0.1) is 21.5 Å². The minimum Gasteiger partial charge on any atom is -0.495 e. The van der Waals surface area contributed by atoms with Gasteiger partial charge in [-0.3, -0.25) is 14.2 Å². The first-order valence-electron chi connectivity index (χ1n) is 10.3. The smallest absolute Gasteiger partial charge is 0.251 e. The molecule has 0 radical (unpaired) electrons. The lowest BCUT2D eigenvalue weighted by molar-refractivity contribution is -0.113. The molecule has 0 atom stereocenters. The molecule has 0 unspecified atom stereocenters. The summed E-state index contributed by atoms with van der Waals surface area (Å²) < 4.78 is 7.31. The number of hydrogen-bond donors (Lipinski definition) is 2. The number of para-hydroxylation sites is 2. The number of hydrogen-bond acceptors (Lipinski definition) is 8. The Morgan fingerprint density at radius 1 is 1.15 bits per heavy atom. The van der Waals surface area contributed by atoms with Crippen molar-refractivity contribution in [3.63, 3.8) is 0 Å². The zero-order valence-electron chi connectivity index (χ0n) is 18.5. The van der Waals surface area contributed by atoms with Crippen LogP contribution in [0.5, 0.6) is 5.75 Å². The monoisotopic (exact) mass is 494 g/mol. The molecule has 174 valence electrons. The topological polar surface area (TPSA) is 111 Å². The SMILES string of the molecule is COc1ccccc1-n1c(CNC(=O)c2cccc(C)c2)nnc1SCC(=O)Nc1nccs1. The van der Waals surface area contributed by atoms with Crippen LogP contribution < -0.4 is 15.4 Å². The van der Waals surface area contributed by atoms with Crippen LogP contribution in [0.15, 0.2) is 65.3 Å². The van der Waals surface area contributed by atoms with Crippen LogP contribution in [0.25, 0.3) is 5.69 Å². The Kier molecular flexibility index (Phi) is 7.55.